The Bertz CT molecular complexity index is 1240. The van der Waals surface area contributed by atoms with Gasteiger partial charge >= 0.3 is 5.97 Å². The predicted molar refractivity (Wildman–Crippen MR) is 123 cm³/mol. The molecule has 9 heteroatoms. The molecule has 1 aliphatic carbocycles. The lowest BCUT2D eigenvalue weighted by Gasteiger charge is -2.24. The van der Waals surface area contributed by atoms with Crippen LogP contribution in [0.3, 0.4) is 0 Å². The molecule has 174 valence electrons. The van der Waals surface area contributed by atoms with Crippen molar-refractivity contribution >= 4 is 16.0 Å². The Hall–Kier alpha value is -3.17. The number of nitrogens with zero attached hydrogens (tertiary/aromatic N) is 2. The molecule has 1 N–H and O–H groups in total. The van der Waals surface area contributed by atoms with Gasteiger partial charge < -0.3 is 9.47 Å². The number of rotatable bonds is 8. The maximum atomic E-state index is 13.2. The Morgan fingerprint density at radius 2 is 1.97 bits per heavy atom. The fourth-order valence-electron chi connectivity index (χ4n) is 4.09. The summed E-state index contributed by atoms with van der Waals surface area (Å²) >= 11 is 0. The van der Waals surface area contributed by atoms with E-state index in [4.69, 9.17) is 9.47 Å². The van der Waals surface area contributed by atoms with Crippen molar-refractivity contribution in [2.24, 2.45) is 0 Å². The van der Waals surface area contributed by atoms with Crippen LogP contribution in [0.2, 0.25) is 0 Å². The van der Waals surface area contributed by atoms with Crippen molar-refractivity contribution in [2.45, 2.75) is 43.7 Å². The van der Waals surface area contributed by atoms with E-state index in [0.29, 0.717) is 13.0 Å². The van der Waals surface area contributed by atoms with Gasteiger partial charge in [-0.05, 0) is 61.6 Å². The summed E-state index contributed by atoms with van der Waals surface area (Å²) in [5.74, 6) is 0.377. The summed E-state index contributed by atoms with van der Waals surface area (Å²) in [5, 5.41) is 4.31. The molecule has 1 heterocycles. The lowest BCUT2D eigenvalue weighted by molar-refractivity contribution is -0.144. The van der Waals surface area contributed by atoms with E-state index >= 15 is 0 Å². The quantitative estimate of drug-likeness (QED) is 0.507. The summed E-state index contributed by atoms with van der Waals surface area (Å²) in [7, 11) is -2.17. The molecule has 1 aromatic heterocycles. The third kappa shape index (κ3) is 5.09. The molecule has 33 heavy (non-hydrogen) atoms. The van der Waals surface area contributed by atoms with Crippen molar-refractivity contribution in [3.05, 3.63) is 66.0 Å². The number of hydrogen-bond acceptors (Lipinski definition) is 6. The van der Waals surface area contributed by atoms with E-state index in [1.165, 1.54) is 0 Å². The van der Waals surface area contributed by atoms with E-state index in [9.17, 15) is 13.2 Å². The van der Waals surface area contributed by atoms with Gasteiger partial charge in [-0.1, -0.05) is 24.3 Å². The Morgan fingerprint density at radius 3 is 2.70 bits per heavy atom. The number of hydrogen-bond donors (Lipinski definition) is 1. The molecule has 3 aromatic rings. The molecule has 0 saturated heterocycles. The van der Waals surface area contributed by atoms with E-state index in [-0.39, 0.29) is 17.4 Å². The highest BCUT2D eigenvalue weighted by atomic mass is 32.2. The first kappa shape index (κ1) is 23.0. The molecule has 0 fully saturated rings. The van der Waals surface area contributed by atoms with Crippen LogP contribution in [0.5, 0.6) is 5.75 Å². The Labute approximate surface area is 193 Å². The van der Waals surface area contributed by atoms with E-state index in [0.717, 1.165) is 41.0 Å². The number of carbonyl (C=O) groups is 1. The van der Waals surface area contributed by atoms with Crippen LogP contribution in [0.25, 0.3) is 11.1 Å². The summed E-state index contributed by atoms with van der Waals surface area (Å²) in [6.45, 7) is 2.08. The lowest BCUT2D eigenvalue weighted by atomic mass is 9.94. The van der Waals surface area contributed by atoms with Crippen molar-refractivity contribution in [3.63, 3.8) is 0 Å². The third-order valence-electron chi connectivity index (χ3n) is 5.71. The number of ether oxygens (including phenoxy) is 2. The molecule has 0 aliphatic heterocycles. The zero-order chi connectivity index (χ0) is 23.4. The molecule has 1 unspecified atom stereocenters. The van der Waals surface area contributed by atoms with Gasteiger partial charge in [0.05, 0.1) is 30.9 Å². The smallest absolute Gasteiger partial charge is 0.327 e. The number of aromatic nitrogens is 2. The SMILES string of the molecule is CCOC(=O)Cn1ncc2c1CCCC2NS(=O)(=O)c1cccc(-c2ccc(OC)cc2)c1. The van der Waals surface area contributed by atoms with Crippen molar-refractivity contribution in [1.29, 1.82) is 0 Å². The Morgan fingerprint density at radius 1 is 1.18 bits per heavy atom. The maximum absolute atomic E-state index is 13.2. The number of carbonyl (C=O) groups excluding carboxylic acids is 1. The standard InChI is InChI=1S/C24H27N3O5S/c1-3-32-24(28)16-27-23-9-5-8-22(21(23)15-25-27)26-33(29,30)20-7-4-6-18(14-20)17-10-12-19(31-2)13-11-17/h4,6-7,10-15,22,26H,3,5,8-9,16H2,1-2H3. The van der Waals surface area contributed by atoms with Crippen LogP contribution in [0, 0.1) is 0 Å². The summed E-state index contributed by atoms with van der Waals surface area (Å²) in [4.78, 5) is 12.1. The molecule has 1 aliphatic rings. The fraction of sp³-hybridized carbons (Fsp3) is 0.333. The summed E-state index contributed by atoms with van der Waals surface area (Å²) < 4.78 is 41.1. The predicted octanol–water partition coefficient (Wildman–Crippen LogP) is 3.48. The molecule has 8 nitrogen and oxygen atoms in total. The van der Waals surface area contributed by atoms with Crippen LogP contribution >= 0.6 is 0 Å². The van der Waals surface area contributed by atoms with Crippen molar-refractivity contribution in [3.8, 4) is 16.9 Å². The molecule has 4 rings (SSSR count). The van der Waals surface area contributed by atoms with Crippen LogP contribution in [-0.2, 0) is 32.5 Å². The van der Waals surface area contributed by atoms with Gasteiger partial charge in [0.25, 0.3) is 0 Å². The van der Waals surface area contributed by atoms with Crippen molar-refractivity contribution in [2.75, 3.05) is 13.7 Å². The molecule has 0 saturated carbocycles. The Kier molecular flexibility index (Phi) is 6.80. The van der Waals surface area contributed by atoms with Crippen LogP contribution < -0.4 is 9.46 Å². The summed E-state index contributed by atoms with van der Waals surface area (Å²) in [6.07, 6.45) is 3.84. The second-order valence-electron chi connectivity index (χ2n) is 7.83. The number of nitrogens with one attached hydrogen (secondary N) is 1. The molecule has 1 atom stereocenters. The van der Waals surface area contributed by atoms with Crippen molar-refractivity contribution < 1.29 is 22.7 Å². The second-order valence-corrected chi connectivity index (χ2v) is 9.55. The topological polar surface area (TPSA) is 99.5 Å². The molecule has 0 bridgehead atoms. The summed E-state index contributed by atoms with van der Waals surface area (Å²) in [5.41, 5.74) is 3.37. The highest BCUT2D eigenvalue weighted by Crippen LogP contribution is 2.32. The van der Waals surface area contributed by atoms with Crippen LogP contribution in [0.4, 0.5) is 0 Å². The van der Waals surface area contributed by atoms with Gasteiger partial charge in [0.2, 0.25) is 10.0 Å². The highest BCUT2D eigenvalue weighted by Gasteiger charge is 2.29. The largest absolute Gasteiger partial charge is 0.497 e. The first-order valence-electron chi connectivity index (χ1n) is 10.9. The second kappa shape index (κ2) is 9.76. The molecule has 0 radical (unpaired) electrons. The fourth-order valence-corrected chi connectivity index (χ4v) is 5.38. The maximum Gasteiger partial charge on any atom is 0.327 e. The minimum absolute atomic E-state index is 0.0204. The van der Waals surface area contributed by atoms with E-state index in [1.54, 1.807) is 43.1 Å². The Balaban J connectivity index is 1.55. The van der Waals surface area contributed by atoms with Gasteiger partial charge in [-0.2, -0.15) is 5.10 Å². The van der Waals surface area contributed by atoms with Gasteiger partial charge in [0.1, 0.15) is 12.3 Å². The van der Waals surface area contributed by atoms with Crippen LogP contribution in [0.1, 0.15) is 37.1 Å². The minimum atomic E-state index is -3.77. The number of fused-ring (bicyclic) bond motifs is 1. The molecule has 0 spiro atoms. The number of benzene rings is 2. The zero-order valence-electron chi connectivity index (χ0n) is 18.7. The lowest BCUT2D eigenvalue weighted by Crippen LogP contribution is -2.31. The monoisotopic (exact) mass is 469 g/mol. The number of sulfonamides is 1. The third-order valence-corrected chi connectivity index (χ3v) is 7.18. The molecular formula is C24H27N3O5S. The highest BCUT2D eigenvalue weighted by molar-refractivity contribution is 7.89. The van der Waals surface area contributed by atoms with E-state index < -0.39 is 16.1 Å². The number of esters is 1. The molecule has 2 aromatic carbocycles. The minimum Gasteiger partial charge on any atom is -0.497 e. The van der Waals surface area contributed by atoms with Crippen molar-refractivity contribution in [1.82, 2.24) is 14.5 Å². The van der Waals surface area contributed by atoms with Gasteiger partial charge in [-0.15, -0.1) is 0 Å². The van der Waals surface area contributed by atoms with Crippen LogP contribution in [0.15, 0.2) is 59.6 Å². The van der Waals surface area contributed by atoms with E-state index in [1.807, 2.05) is 30.3 Å². The number of methoxy groups -OCH3 is 1. The van der Waals surface area contributed by atoms with Gasteiger partial charge in [-0.25, -0.2) is 13.1 Å². The van der Waals surface area contributed by atoms with Gasteiger partial charge in [-0.3, -0.25) is 9.48 Å². The van der Waals surface area contributed by atoms with Crippen LogP contribution in [-0.4, -0.2) is 37.9 Å². The van der Waals surface area contributed by atoms with Gasteiger partial charge in [0, 0.05) is 11.3 Å². The normalized spacial score (nSPS) is 15.6. The zero-order valence-corrected chi connectivity index (χ0v) is 19.5. The molecular weight excluding hydrogens is 442 g/mol. The first-order chi connectivity index (χ1) is 15.9. The average Bonchev–Trinajstić information content (AvgIpc) is 3.23. The molecule has 0 amide bonds. The first-order valence-corrected chi connectivity index (χ1v) is 12.4. The summed E-state index contributed by atoms with van der Waals surface area (Å²) in [6, 6.07) is 13.9. The van der Waals surface area contributed by atoms with Gasteiger partial charge in [0.15, 0.2) is 0 Å². The average molecular weight is 470 g/mol. The van der Waals surface area contributed by atoms with E-state index in [2.05, 4.69) is 9.82 Å².